The van der Waals surface area contributed by atoms with Crippen LogP contribution in [0.15, 0.2) is 35.3 Å². The molecule has 1 saturated heterocycles. The van der Waals surface area contributed by atoms with Crippen molar-refractivity contribution in [1.82, 2.24) is 15.1 Å². The first-order valence-electron chi connectivity index (χ1n) is 8.50. The van der Waals surface area contributed by atoms with Crippen LogP contribution in [-0.4, -0.2) is 34.4 Å². The molecule has 2 heterocycles. The molecule has 1 aromatic heterocycles. The third-order valence-corrected chi connectivity index (χ3v) is 4.42. The maximum Gasteiger partial charge on any atom is 0.274 e. The van der Waals surface area contributed by atoms with Crippen LogP contribution in [0.5, 0.6) is 0 Å². The summed E-state index contributed by atoms with van der Waals surface area (Å²) >= 11 is 0. The van der Waals surface area contributed by atoms with Gasteiger partial charge in [0.15, 0.2) is 0 Å². The molecule has 24 heavy (non-hydrogen) atoms. The predicted octanol–water partition coefficient (Wildman–Crippen LogP) is 1.86. The Kier molecular flexibility index (Phi) is 5.25. The summed E-state index contributed by atoms with van der Waals surface area (Å²) in [6, 6.07) is 7.36. The van der Waals surface area contributed by atoms with Gasteiger partial charge in [0.25, 0.3) is 5.56 Å². The molecule has 1 N–H and O–H groups in total. The monoisotopic (exact) mass is 329 g/mol. The van der Waals surface area contributed by atoms with Gasteiger partial charge in [-0.2, -0.15) is 5.10 Å². The molecule has 2 atom stereocenters. The number of aromatic nitrogens is 2. The third kappa shape index (κ3) is 4.00. The lowest BCUT2D eigenvalue weighted by atomic mass is 10.1. The van der Waals surface area contributed by atoms with Crippen molar-refractivity contribution in [2.24, 2.45) is 0 Å². The molecule has 1 aliphatic rings. The summed E-state index contributed by atoms with van der Waals surface area (Å²) in [6.45, 7) is 2.83. The molecular weight excluding hydrogens is 306 g/mol. The molecule has 0 spiro atoms. The van der Waals surface area contributed by atoms with E-state index in [0.717, 1.165) is 24.6 Å². The highest BCUT2D eigenvalue weighted by Crippen LogP contribution is 2.22. The molecule has 0 aliphatic carbocycles. The number of hydrogen-bond donors (Lipinski definition) is 1. The number of fused-ring (bicyclic) bond motifs is 1. The SMILES string of the molecule is C[C@H]1CC[C@H](CCC(=O)NCCn2ncc3ccccc3c2=O)O1. The van der Waals surface area contributed by atoms with E-state index in [-0.39, 0.29) is 17.6 Å². The van der Waals surface area contributed by atoms with Gasteiger partial charge in [-0.05, 0) is 32.3 Å². The van der Waals surface area contributed by atoms with Crippen LogP contribution in [0.1, 0.15) is 32.6 Å². The summed E-state index contributed by atoms with van der Waals surface area (Å²) in [5.41, 5.74) is -0.129. The summed E-state index contributed by atoms with van der Waals surface area (Å²) in [6.07, 6.45) is 5.51. The van der Waals surface area contributed by atoms with Crippen LogP contribution in [0.4, 0.5) is 0 Å². The normalized spacial score (nSPS) is 20.4. The maximum atomic E-state index is 12.3. The number of nitrogens with zero attached hydrogens (tertiary/aromatic N) is 2. The Morgan fingerprint density at radius 2 is 2.21 bits per heavy atom. The Labute approximate surface area is 140 Å². The van der Waals surface area contributed by atoms with E-state index >= 15 is 0 Å². The molecule has 0 saturated carbocycles. The van der Waals surface area contributed by atoms with Crippen LogP contribution < -0.4 is 10.9 Å². The molecular formula is C18H23N3O3. The summed E-state index contributed by atoms with van der Waals surface area (Å²) in [7, 11) is 0. The van der Waals surface area contributed by atoms with Gasteiger partial charge in [0.2, 0.25) is 5.91 Å². The van der Waals surface area contributed by atoms with Gasteiger partial charge in [0.1, 0.15) is 0 Å². The zero-order valence-corrected chi connectivity index (χ0v) is 13.9. The minimum Gasteiger partial charge on any atom is -0.375 e. The first-order chi connectivity index (χ1) is 11.6. The van der Waals surface area contributed by atoms with Gasteiger partial charge < -0.3 is 10.1 Å². The number of carbonyl (C=O) groups excluding carboxylic acids is 1. The van der Waals surface area contributed by atoms with Gasteiger partial charge in [0, 0.05) is 18.4 Å². The maximum absolute atomic E-state index is 12.3. The van der Waals surface area contributed by atoms with Crippen LogP contribution in [0.2, 0.25) is 0 Å². The number of hydrogen-bond acceptors (Lipinski definition) is 4. The fourth-order valence-electron chi connectivity index (χ4n) is 3.07. The summed E-state index contributed by atoms with van der Waals surface area (Å²) in [5.74, 6) is -0.00742. The van der Waals surface area contributed by atoms with Gasteiger partial charge in [-0.15, -0.1) is 0 Å². The number of nitrogens with one attached hydrogen (secondary N) is 1. The van der Waals surface area contributed by atoms with Crippen molar-refractivity contribution in [3.05, 3.63) is 40.8 Å². The second-order valence-electron chi connectivity index (χ2n) is 6.29. The van der Waals surface area contributed by atoms with Crippen molar-refractivity contribution in [2.75, 3.05) is 6.54 Å². The third-order valence-electron chi connectivity index (χ3n) is 4.42. The molecule has 2 aromatic rings. The number of benzene rings is 1. The minimum atomic E-state index is -0.129. The Morgan fingerprint density at radius 3 is 3.00 bits per heavy atom. The second kappa shape index (κ2) is 7.57. The highest BCUT2D eigenvalue weighted by atomic mass is 16.5. The molecule has 0 bridgehead atoms. The average Bonchev–Trinajstić information content (AvgIpc) is 3.01. The van der Waals surface area contributed by atoms with E-state index in [0.29, 0.717) is 31.0 Å². The standard InChI is InChI=1S/C18H23N3O3/c1-13-6-7-15(24-13)8-9-17(22)19-10-11-21-18(23)16-5-3-2-4-14(16)12-20-21/h2-5,12-13,15H,6-11H2,1H3,(H,19,22)/t13-,15+/m0/s1. The topological polar surface area (TPSA) is 73.2 Å². The number of carbonyl (C=O) groups is 1. The molecule has 0 radical (unpaired) electrons. The van der Waals surface area contributed by atoms with Crippen LogP contribution in [0.3, 0.4) is 0 Å². The molecule has 6 heteroatoms. The molecule has 0 unspecified atom stereocenters. The molecule has 1 fully saturated rings. The van der Waals surface area contributed by atoms with Crippen LogP contribution in [0, 0.1) is 0 Å². The lowest BCUT2D eigenvalue weighted by Gasteiger charge is -2.11. The summed E-state index contributed by atoms with van der Waals surface area (Å²) < 4.78 is 7.10. The van der Waals surface area contributed by atoms with Gasteiger partial charge in [-0.25, -0.2) is 4.68 Å². The lowest BCUT2D eigenvalue weighted by Crippen LogP contribution is -2.32. The lowest BCUT2D eigenvalue weighted by molar-refractivity contribution is -0.121. The highest BCUT2D eigenvalue weighted by molar-refractivity contribution is 5.80. The Morgan fingerprint density at radius 1 is 1.38 bits per heavy atom. The van der Waals surface area contributed by atoms with Gasteiger partial charge in [-0.3, -0.25) is 9.59 Å². The van der Waals surface area contributed by atoms with Crippen molar-refractivity contribution in [2.45, 2.75) is 51.4 Å². The highest BCUT2D eigenvalue weighted by Gasteiger charge is 2.22. The number of rotatable bonds is 6. The quantitative estimate of drug-likeness (QED) is 0.878. The van der Waals surface area contributed by atoms with Gasteiger partial charge in [0.05, 0.1) is 30.3 Å². The molecule has 1 amide bonds. The Hall–Kier alpha value is -2.21. The average molecular weight is 329 g/mol. The van der Waals surface area contributed by atoms with E-state index in [2.05, 4.69) is 17.3 Å². The molecule has 1 aromatic carbocycles. The van der Waals surface area contributed by atoms with Crippen molar-refractivity contribution in [3.8, 4) is 0 Å². The van der Waals surface area contributed by atoms with E-state index in [4.69, 9.17) is 4.74 Å². The zero-order chi connectivity index (χ0) is 16.9. The zero-order valence-electron chi connectivity index (χ0n) is 13.9. The molecule has 128 valence electrons. The van der Waals surface area contributed by atoms with E-state index in [9.17, 15) is 9.59 Å². The number of ether oxygens (including phenoxy) is 1. The number of amides is 1. The first kappa shape index (κ1) is 16.6. The van der Waals surface area contributed by atoms with Gasteiger partial charge >= 0.3 is 0 Å². The van der Waals surface area contributed by atoms with E-state index in [1.165, 1.54) is 4.68 Å². The van der Waals surface area contributed by atoms with Crippen molar-refractivity contribution < 1.29 is 9.53 Å². The van der Waals surface area contributed by atoms with Crippen molar-refractivity contribution in [3.63, 3.8) is 0 Å². The van der Waals surface area contributed by atoms with Crippen LogP contribution >= 0.6 is 0 Å². The molecule has 1 aliphatic heterocycles. The molecule has 3 rings (SSSR count). The fraction of sp³-hybridized carbons (Fsp3) is 0.500. The van der Waals surface area contributed by atoms with Crippen molar-refractivity contribution >= 4 is 16.7 Å². The van der Waals surface area contributed by atoms with Crippen LogP contribution in [-0.2, 0) is 16.1 Å². The largest absolute Gasteiger partial charge is 0.375 e. The smallest absolute Gasteiger partial charge is 0.274 e. The van der Waals surface area contributed by atoms with Gasteiger partial charge in [-0.1, -0.05) is 18.2 Å². The first-order valence-corrected chi connectivity index (χ1v) is 8.50. The summed E-state index contributed by atoms with van der Waals surface area (Å²) in [5, 5.41) is 8.47. The Balaban J connectivity index is 1.47. The van der Waals surface area contributed by atoms with E-state index in [1.807, 2.05) is 18.2 Å². The molecule has 6 nitrogen and oxygen atoms in total. The summed E-state index contributed by atoms with van der Waals surface area (Å²) in [4.78, 5) is 24.2. The predicted molar refractivity (Wildman–Crippen MR) is 91.8 cm³/mol. The van der Waals surface area contributed by atoms with E-state index < -0.39 is 0 Å². The Bertz CT molecular complexity index is 771. The van der Waals surface area contributed by atoms with E-state index in [1.54, 1.807) is 12.3 Å². The van der Waals surface area contributed by atoms with Crippen molar-refractivity contribution in [1.29, 1.82) is 0 Å². The second-order valence-corrected chi connectivity index (χ2v) is 6.29. The minimum absolute atomic E-state index is 0.00742. The fourth-order valence-corrected chi connectivity index (χ4v) is 3.07. The van der Waals surface area contributed by atoms with Crippen LogP contribution in [0.25, 0.3) is 10.8 Å².